The van der Waals surface area contributed by atoms with Gasteiger partial charge in [0.2, 0.25) is 5.95 Å². The van der Waals surface area contributed by atoms with Gasteiger partial charge in [0, 0.05) is 6.07 Å². The minimum Gasteiger partial charge on any atom is -0.323 e. The number of halogens is 2. The Balaban J connectivity index is 2.00. The molecule has 0 fully saturated rings. The summed E-state index contributed by atoms with van der Waals surface area (Å²) in [6, 6.07) is 7.03. The van der Waals surface area contributed by atoms with Gasteiger partial charge in [-0.15, -0.1) is 0 Å². The van der Waals surface area contributed by atoms with Crippen molar-refractivity contribution in [2.75, 3.05) is 5.32 Å². The van der Waals surface area contributed by atoms with Gasteiger partial charge < -0.3 is 5.32 Å². The van der Waals surface area contributed by atoms with Gasteiger partial charge in [-0.1, -0.05) is 12.1 Å². The van der Waals surface area contributed by atoms with Gasteiger partial charge in [-0.25, -0.2) is 13.6 Å². The Labute approximate surface area is 122 Å². The minimum absolute atomic E-state index is 0.0185. The molecule has 22 heavy (non-hydrogen) atoms. The van der Waals surface area contributed by atoms with E-state index in [-0.39, 0.29) is 23.0 Å². The van der Waals surface area contributed by atoms with Gasteiger partial charge in [-0.3, -0.25) is 9.97 Å². The zero-order valence-corrected chi connectivity index (χ0v) is 11.0. The number of nitrogens with one attached hydrogen (secondary N) is 2. The average Bonchev–Trinajstić information content (AvgIpc) is 2.47. The number of nitrogens with zero attached hydrogens (tertiary/aromatic N) is 3. The van der Waals surface area contributed by atoms with Crippen molar-refractivity contribution in [2.45, 2.75) is 0 Å². The lowest BCUT2D eigenvalue weighted by Gasteiger charge is -2.06. The molecule has 3 rings (SSSR count). The summed E-state index contributed by atoms with van der Waals surface area (Å²) < 4.78 is 26.8. The fraction of sp³-hybridized carbons (Fsp3) is 0. The Morgan fingerprint density at radius 2 is 1.91 bits per heavy atom. The quantitative estimate of drug-likeness (QED) is 0.775. The SMILES string of the molecule is O=c1nc(Nc2cncc(F)c2)nc(-c2ccccc2F)[nH]1. The molecule has 2 aromatic heterocycles. The fourth-order valence-electron chi connectivity index (χ4n) is 1.83. The van der Waals surface area contributed by atoms with Crippen LogP contribution in [0.15, 0.2) is 47.5 Å². The molecule has 0 spiro atoms. The predicted octanol–water partition coefficient (Wildman–Crippen LogP) is 2.25. The molecule has 3 aromatic rings. The van der Waals surface area contributed by atoms with E-state index in [0.717, 1.165) is 6.20 Å². The van der Waals surface area contributed by atoms with Crippen LogP contribution in [0.5, 0.6) is 0 Å². The maximum absolute atomic E-state index is 13.8. The van der Waals surface area contributed by atoms with E-state index in [1.807, 2.05) is 0 Å². The number of rotatable bonds is 3. The molecule has 0 aliphatic rings. The van der Waals surface area contributed by atoms with Gasteiger partial charge in [-0.2, -0.15) is 9.97 Å². The molecule has 0 aliphatic heterocycles. The Morgan fingerprint density at radius 3 is 2.68 bits per heavy atom. The summed E-state index contributed by atoms with van der Waals surface area (Å²) in [7, 11) is 0. The Kier molecular flexibility index (Phi) is 3.57. The van der Waals surface area contributed by atoms with Crippen molar-refractivity contribution in [2.24, 2.45) is 0 Å². The smallest absolute Gasteiger partial charge is 0.323 e. The molecule has 2 N–H and O–H groups in total. The first-order valence-corrected chi connectivity index (χ1v) is 6.22. The topological polar surface area (TPSA) is 83.6 Å². The standard InChI is InChI=1S/C14H9F2N5O/c15-8-5-9(7-17-6-8)18-13-19-12(20-14(22)21-13)10-3-1-2-4-11(10)16/h1-7H,(H2,18,19,20,21,22). The lowest BCUT2D eigenvalue weighted by molar-refractivity contribution is 0.622. The highest BCUT2D eigenvalue weighted by Gasteiger charge is 2.10. The van der Waals surface area contributed by atoms with Gasteiger partial charge in [0.1, 0.15) is 17.5 Å². The zero-order chi connectivity index (χ0) is 15.5. The molecule has 0 aliphatic carbocycles. The molecule has 0 amide bonds. The Bertz CT molecular complexity index is 881. The number of hydrogen-bond donors (Lipinski definition) is 2. The van der Waals surface area contributed by atoms with Crippen LogP contribution in [0, 0.1) is 11.6 Å². The van der Waals surface area contributed by atoms with Crippen molar-refractivity contribution in [1.29, 1.82) is 0 Å². The first-order valence-electron chi connectivity index (χ1n) is 6.22. The number of anilines is 2. The molecule has 0 saturated carbocycles. The first-order chi connectivity index (χ1) is 10.6. The van der Waals surface area contributed by atoms with Gasteiger partial charge in [-0.05, 0) is 12.1 Å². The number of benzene rings is 1. The summed E-state index contributed by atoms with van der Waals surface area (Å²) in [6.07, 6.45) is 2.38. The van der Waals surface area contributed by atoms with Crippen LogP contribution < -0.4 is 11.0 Å². The van der Waals surface area contributed by atoms with Gasteiger partial charge in [0.25, 0.3) is 0 Å². The molecule has 2 heterocycles. The van der Waals surface area contributed by atoms with Crippen LogP contribution in [-0.4, -0.2) is 19.9 Å². The fourth-order valence-corrected chi connectivity index (χ4v) is 1.83. The van der Waals surface area contributed by atoms with Crippen LogP contribution in [0.1, 0.15) is 0 Å². The van der Waals surface area contributed by atoms with Crippen LogP contribution >= 0.6 is 0 Å². The largest absolute Gasteiger partial charge is 0.349 e. The van der Waals surface area contributed by atoms with Crippen molar-refractivity contribution in [1.82, 2.24) is 19.9 Å². The molecule has 0 unspecified atom stereocenters. The number of H-pyrrole nitrogens is 1. The maximum atomic E-state index is 13.8. The van der Waals surface area contributed by atoms with Crippen molar-refractivity contribution in [3.63, 3.8) is 0 Å². The third kappa shape index (κ3) is 2.95. The third-order valence-corrected chi connectivity index (χ3v) is 2.74. The minimum atomic E-state index is -0.708. The summed E-state index contributed by atoms with van der Waals surface area (Å²) in [6.45, 7) is 0. The van der Waals surface area contributed by atoms with E-state index in [1.165, 1.54) is 30.5 Å². The van der Waals surface area contributed by atoms with Crippen molar-refractivity contribution >= 4 is 11.6 Å². The molecule has 0 saturated heterocycles. The number of pyridine rings is 1. The van der Waals surface area contributed by atoms with Gasteiger partial charge in [0.05, 0.1) is 23.6 Å². The van der Waals surface area contributed by atoms with Crippen molar-refractivity contribution in [3.8, 4) is 11.4 Å². The van der Waals surface area contributed by atoms with E-state index in [9.17, 15) is 13.6 Å². The molecule has 6 nitrogen and oxygen atoms in total. The Morgan fingerprint density at radius 1 is 1.09 bits per heavy atom. The van der Waals surface area contributed by atoms with Crippen LogP contribution in [0.3, 0.4) is 0 Å². The predicted molar refractivity (Wildman–Crippen MR) is 75.5 cm³/mol. The summed E-state index contributed by atoms with van der Waals surface area (Å²) in [5.74, 6) is -1.15. The molecule has 0 atom stereocenters. The molecule has 1 aromatic carbocycles. The van der Waals surface area contributed by atoms with Crippen LogP contribution in [0.2, 0.25) is 0 Å². The summed E-state index contributed by atoms with van der Waals surface area (Å²) in [4.78, 5) is 25.2. The molecule has 0 radical (unpaired) electrons. The van der Waals surface area contributed by atoms with Crippen LogP contribution in [0.4, 0.5) is 20.4 Å². The molecule has 110 valence electrons. The van der Waals surface area contributed by atoms with E-state index >= 15 is 0 Å². The van der Waals surface area contributed by atoms with E-state index in [1.54, 1.807) is 6.07 Å². The average molecular weight is 301 g/mol. The van der Waals surface area contributed by atoms with Crippen LogP contribution in [0.25, 0.3) is 11.4 Å². The lowest BCUT2D eigenvalue weighted by atomic mass is 10.2. The second kappa shape index (κ2) is 5.68. The summed E-state index contributed by atoms with van der Waals surface area (Å²) in [5, 5.41) is 2.65. The highest BCUT2D eigenvalue weighted by molar-refractivity contribution is 5.58. The second-order valence-electron chi connectivity index (χ2n) is 4.32. The third-order valence-electron chi connectivity index (χ3n) is 2.74. The monoisotopic (exact) mass is 301 g/mol. The number of aromatic nitrogens is 4. The van der Waals surface area contributed by atoms with E-state index < -0.39 is 17.3 Å². The Hall–Kier alpha value is -3.16. The van der Waals surface area contributed by atoms with Gasteiger partial charge in [0.15, 0.2) is 0 Å². The van der Waals surface area contributed by atoms with E-state index in [2.05, 4.69) is 25.3 Å². The van der Waals surface area contributed by atoms with E-state index in [0.29, 0.717) is 0 Å². The normalized spacial score (nSPS) is 10.5. The molecular formula is C14H9F2N5O. The summed E-state index contributed by atoms with van der Waals surface area (Å²) in [5.41, 5.74) is -0.312. The lowest BCUT2D eigenvalue weighted by Crippen LogP contribution is -2.16. The zero-order valence-electron chi connectivity index (χ0n) is 11.0. The number of hydrogen-bond acceptors (Lipinski definition) is 5. The van der Waals surface area contributed by atoms with Crippen molar-refractivity contribution in [3.05, 3.63) is 64.8 Å². The van der Waals surface area contributed by atoms with Gasteiger partial charge >= 0.3 is 5.69 Å². The highest BCUT2D eigenvalue weighted by Crippen LogP contribution is 2.19. The first kappa shape index (κ1) is 13.8. The highest BCUT2D eigenvalue weighted by atomic mass is 19.1. The van der Waals surface area contributed by atoms with Crippen molar-refractivity contribution < 1.29 is 8.78 Å². The van der Waals surface area contributed by atoms with E-state index in [4.69, 9.17) is 0 Å². The molecule has 8 heteroatoms. The van der Waals surface area contributed by atoms with Crippen LogP contribution in [-0.2, 0) is 0 Å². The second-order valence-corrected chi connectivity index (χ2v) is 4.32. The molecular weight excluding hydrogens is 292 g/mol. The summed E-state index contributed by atoms with van der Waals surface area (Å²) >= 11 is 0. The number of aromatic amines is 1. The maximum Gasteiger partial charge on any atom is 0.349 e. The molecule has 0 bridgehead atoms.